The molecule has 1 fully saturated rings. The molecule has 35 heavy (non-hydrogen) atoms. The lowest BCUT2D eigenvalue weighted by Gasteiger charge is -2.33. The molecule has 3 heterocycles. The molecule has 0 atom stereocenters. The van der Waals surface area contributed by atoms with Crippen molar-refractivity contribution in [2.45, 2.75) is 33.4 Å². The molecule has 0 unspecified atom stereocenters. The zero-order valence-electron chi connectivity index (χ0n) is 20.3. The summed E-state index contributed by atoms with van der Waals surface area (Å²) in [6, 6.07) is 11.2. The molecular formula is C26H32ClN5O2S. The molecule has 1 saturated heterocycles. The number of likely N-dealkylation sites (N-methyl/N-ethyl adjacent to an activating group) is 1. The van der Waals surface area contributed by atoms with Crippen LogP contribution in [0.4, 0.5) is 0 Å². The average molecular weight is 514 g/mol. The van der Waals surface area contributed by atoms with Crippen LogP contribution in [0.25, 0.3) is 0 Å². The molecule has 0 N–H and O–H groups in total. The smallest absolute Gasteiger partial charge is 0.273 e. The quantitative estimate of drug-likeness (QED) is 0.423. The lowest BCUT2D eigenvalue weighted by Crippen LogP contribution is -2.48. The maximum atomic E-state index is 13.2. The molecule has 9 heteroatoms. The van der Waals surface area contributed by atoms with E-state index in [4.69, 9.17) is 11.6 Å². The highest BCUT2D eigenvalue weighted by atomic mass is 35.5. The van der Waals surface area contributed by atoms with E-state index in [-0.39, 0.29) is 11.8 Å². The zero-order valence-corrected chi connectivity index (χ0v) is 21.9. The van der Waals surface area contributed by atoms with E-state index in [1.807, 2.05) is 45.6 Å². The van der Waals surface area contributed by atoms with Gasteiger partial charge in [0.1, 0.15) is 10.7 Å². The molecule has 0 aliphatic carbocycles. The molecule has 3 aromatic rings. The fourth-order valence-corrected chi connectivity index (χ4v) is 5.31. The first kappa shape index (κ1) is 25.4. The van der Waals surface area contributed by atoms with Gasteiger partial charge in [-0.1, -0.05) is 37.6 Å². The maximum absolute atomic E-state index is 13.2. The first-order chi connectivity index (χ1) is 17.0. The molecule has 0 bridgehead atoms. The van der Waals surface area contributed by atoms with Gasteiger partial charge in [-0.05, 0) is 37.2 Å². The van der Waals surface area contributed by atoms with E-state index in [1.54, 1.807) is 12.1 Å². The van der Waals surface area contributed by atoms with Crippen molar-refractivity contribution in [3.8, 4) is 0 Å². The van der Waals surface area contributed by atoms with Gasteiger partial charge in [0.25, 0.3) is 11.8 Å². The molecule has 186 valence electrons. The number of nitrogens with zero attached hydrogens (tertiary/aromatic N) is 5. The summed E-state index contributed by atoms with van der Waals surface area (Å²) in [5, 5.41) is 3.19. The average Bonchev–Trinajstić information content (AvgIpc) is 3.53. The fraction of sp³-hybridized carbons (Fsp3) is 0.423. The second-order valence-corrected chi connectivity index (χ2v) is 10.0. The van der Waals surface area contributed by atoms with E-state index in [9.17, 15) is 9.59 Å². The number of carbonyl (C=O) groups excluding carboxylic acids is 2. The molecule has 0 spiro atoms. The lowest BCUT2D eigenvalue weighted by atomic mass is 10.2. The third-order valence-corrected chi connectivity index (χ3v) is 7.51. The standard InChI is InChI=1S/C26H32ClN5O2S/c1-3-11-32(25(33)21-9-5-6-10-22(21)27)17-20-8-7-12-31(20)18-24-28-23(19-35-24)26(34)30-15-13-29(4-2)14-16-30/h5-10,12,19H,3-4,11,13-18H2,1-2H3. The van der Waals surface area contributed by atoms with Crippen LogP contribution in [-0.4, -0.2) is 75.3 Å². The highest BCUT2D eigenvalue weighted by Crippen LogP contribution is 2.20. The number of hydrogen-bond donors (Lipinski definition) is 0. The minimum absolute atomic E-state index is 0.00967. The van der Waals surface area contributed by atoms with Gasteiger partial charge in [0.15, 0.2) is 0 Å². The molecule has 1 aromatic carbocycles. The van der Waals surface area contributed by atoms with Crippen LogP contribution in [0.2, 0.25) is 5.02 Å². The molecule has 7 nitrogen and oxygen atoms in total. The number of aromatic nitrogens is 2. The van der Waals surface area contributed by atoms with Gasteiger partial charge in [0.05, 0.1) is 23.7 Å². The van der Waals surface area contributed by atoms with Gasteiger partial charge in [-0.2, -0.15) is 0 Å². The zero-order chi connectivity index (χ0) is 24.8. The van der Waals surface area contributed by atoms with Crippen molar-refractivity contribution < 1.29 is 9.59 Å². The molecule has 2 aromatic heterocycles. The van der Waals surface area contributed by atoms with E-state index >= 15 is 0 Å². The number of piperazine rings is 1. The van der Waals surface area contributed by atoms with Gasteiger partial charge >= 0.3 is 0 Å². The molecule has 0 saturated carbocycles. The highest BCUT2D eigenvalue weighted by Gasteiger charge is 2.24. The Kier molecular flexibility index (Phi) is 8.59. The van der Waals surface area contributed by atoms with Crippen molar-refractivity contribution in [3.63, 3.8) is 0 Å². The second kappa shape index (κ2) is 11.8. The van der Waals surface area contributed by atoms with E-state index in [0.29, 0.717) is 35.9 Å². The van der Waals surface area contributed by atoms with Crippen molar-refractivity contribution in [2.24, 2.45) is 0 Å². The third kappa shape index (κ3) is 6.12. The molecule has 1 aliphatic rings. The number of carbonyl (C=O) groups is 2. The summed E-state index contributed by atoms with van der Waals surface area (Å²) >= 11 is 7.79. The van der Waals surface area contributed by atoms with Gasteiger partial charge in [-0.25, -0.2) is 4.98 Å². The largest absolute Gasteiger partial charge is 0.343 e. The topological polar surface area (TPSA) is 61.7 Å². The van der Waals surface area contributed by atoms with Crippen LogP contribution in [0.3, 0.4) is 0 Å². The lowest BCUT2D eigenvalue weighted by molar-refractivity contribution is 0.0637. The van der Waals surface area contributed by atoms with Crippen molar-refractivity contribution in [3.05, 3.63) is 75.0 Å². The normalized spacial score (nSPS) is 14.3. The minimum Gasteiger partial charge on any atom is -0.343 e. The van der Waals surface area contributed by atoms with Gasteiger partial charge in [-0.3, -0.25) is 9.59 Å². The van der Waals surface area contributed by atoms with Gasteiger partial charge < -0.3 is 19.3 Å². The van der Waals surface area contributed by atoms with E-state index < -0.39 is 0 Å². The van der Waals surface area contributed by atoms with Crippen LogP contribution in [0, 0.1) is 0 Å². The van der Waals surface area contributed by atoms with E-state index in [0.717, 1.165) is 49.8 Å². The summed E-state index contributed by atoms with van der Waals surface area (Å²) in [5.41, 5.74) is 2.05. The summed E-state index contributed by atoms with van der Waals surface area (Å²) in [7, 11) is 0. The van der Waals surface area contributed by atoms with E-state index in [2.05, 4.69) is 28.3 Å². The van der Waals surface area contributed by atoms with Crippen LogP contribution in [-0.2, 0) is 13.1 Å². The Morgan fingerprint density at radius 2 is 1.86 bits per heavy atom. The van der Waals surface area contributed by atoms with Crippen molar-refractivity contribution in [1.29, 1.82) is 0 Å². The molecule has 0 radical (unpaired) electrons. The number of halogens is 1. The Balaban J connectivity index is 1.43. The van der Waals surface area contributed by atoms with Crippen LogP contribution in [0.5, 0.6) is 0 Å². The Morgan fingerprint density at radius 1 is 1.09 bits per heavy atom. The Bertz CT molecular complexity index is 1150. The Morgan fingerprint density at radius 3 is 2.57 bits per heavy atom. The SMILES string of the molecule is CCCN(Cc1cccn1Cc1nc(C(=O)N2CCN(CC)CC2)cs1)C(=O)c1ccccc1Cl. The van der Waals surface area contributed by atoms with Crippen LogP contribution >= 0.6 is 22.9 Å². The van der Waals surface area contributed by atoms with Gasteiger partial charge in [0.2, 0.25) is 0 Å². The summed E-state index contributed by atoms with van der Waals surface area (Å²) in [6.45, 7) is 10.2. The molecule has 4 rings (SSSR count). The fourth-order valence-electron chi connectivity index (χ4n) is 4.33. The Hall–Kier alpha value is -2.68. The molecular weight excluding hydrogens is 482 g/mol. The first-order valence-corrected chi connectivity index (χ1v) is 13.4. The van der Waals surface area contributed by atoms with Crippen molar-refractivity contribution in [2.75, 3.05) is 39.3 Å². The van der Waals surface area contributed by atoms with Gasteiger partial charge in [-0.15, -0.1) is 11.3 Å². The summed E-state index contributed by atoms with van der Waals surface area (Å²) < 4.78 is 2.09. The van der Waals surface area contributed by atoms with Crippen molar-refractivity contribution in [1.82, 2.24) is 24.3 Å². The summed E-state index contributed by atoms with van der Waals surface area (Å²) in [4.78, 5) is 36.8. The van der Waals surface area contributed by atoms with Crippen LogP contribution in [0.1, 0.15) is 51.8 Å². The number of amides is 2. The monoisotopic (exact) mass is 513 g/mol. The van der Waals surface area contributed by atoms with E-state index in [1.165, 1.54) is 11.3 Å². The third-order valence-electron chi connectivity index (χ3n) is 6.34. The Labute approximate surface area is 215 Å². The predicted molar refractivity (Wildman–Crippen MR) is 140 cm³/mol. The van der Waals surface area contributed by atoms with Gasteiger partial charge in [0, 0.05) is 50.0 Å². The highest BCUT2D eigenvalue weighted by molar-refractivity contribution is 7.09. The van der Waals surface area contributed by atoms with Crippen molar-refractivity contribution >= 4 is 34.8 Å². The minimum atomic E-state index is -0.0736. The number of rotatable bonds is 9. The molecule has 1 aliphatic heterocycles. The summed E-state index contributed by atoms with van der Waals surface area (Å²) in [6.07, 6.45) is 2.84. The number of hydrogen-bond acceptors (Lipinski definition) is 5. The number of benzene rings is 1. The second-order valence-electron chi connectivity index (χ2n) is 8.69. The predicted octanol–water partition coefficient (Wildman–Crippen LogP) is 4.48. The first-order valence-electron chi connectivity index (χ1n) is 12.1. The molecule has 2 amide bonds. The summed E-state index contributed by atoms with van der Waals surface area (Å²) in [5.74, 6) is -0.0639. The number of thiazole rings is 1. The van der Waals surface area contributed by atoms with Crippen LogP contribution in [0.15, 0.2) is 48.0 Å². The maximum Gasteiger partial charge on any atom is 0.273 e. The van der Waals surface area contributed by atoms with Crippen LogP contribution < -0.4 is 0 Å².